The molecule has 0 unspecified atom stereocenters. The highest BCUT2D eigenvalue weighted by Crippen LogP contribution is 2.67. The molecule has 2 aromatic rings. The van der Waals surface area contributed by atoms with Gasteiger partial charge in [0.05, 0.1) is 5.92 Å². The number of alkyl halides is 4. The first-order chi connectivity index (χ1) is 11.4. The van der Waals surface area contributed by atoms with Crippen molar-refractivity contribution >= 4 is 0 Å². The van der Waals surface area contributed by atoms with Gasteiger partial charge in [-0.05, 0) is 23.3 Å². The average Bonchev–Trinajstić information content (AvgIpc) is 2.99. The van der Waals surface area contributed by atoms with Gasteiger partial charge in [-0.2, -0.15) is 8.78 Å². The van der Waals surface area contributed by atoms with Gasteiger partial charge in [0.25, 0.3) is 5.92 Å². The Hall–Kier alpha value is -2.08. The van der Waals surface area contributed by atoms with Crippen LogP contribution in [0.25, 0.3) is 0 Å². The maximum Gasteiger partial charge on any atom is 0.346 e. The maximum atomic E-state index is 13.9. The minimum atomic E-state index is -3.32. The third-order valence-corrected chi connectivity index (χ3v) is 4.37. The Morgan fingerprint density at radius 2 is 1.58 bits per heavy atom. The van der Waals surface area contributed by atoms with Crippen LogP contribution in [0.5, 0.6) is 5.75 Å². The Bertz CT molecular complexity index is 688. The van der Waals surface area contributed by atoms with Crippen molar-refractivity contribution in [3.8, 4) is 5.75 Å². The van der Waals surface area contributed by atoms with Gasteiger partial charge in [0.15, 0.2) is 5.60 Å². The molecule has 0 N–H and O–H groups in total. The molecule has 3 rings (SSSR count). The summed E-state index contributed by atoms with van der Waals surface area (Å²) in [6.45, 7) is -1.75. The SMILES string of the molecule is C[C@H]1C(F)(F)[C@]1(OC(F)F)c1ccc(OCc2ccccc2)cc1. The summed E-state index contributed by atoms with van der Waals surface area (Å²) in [5.41, 5.74) is -1.28. The van der Waals surface area contributed by atoms with Crippen LogP contribution in [0.4, 0.5) is 17.6 Å². The van der Waals surface area contributed by atoms with Gasteiger partial charge in [-0.15, -0.1) is 0 Å². The first kappa shape index (κ1) is 16.8. The van der Waals surface area contributed by atoms with E-state index in [4.69, 9.17) is 4.74 Å². The van der Waals surface area contributed by atoms with Gasteiger partial charge in [-0.25, -0.2) is 8.78 Å². The van der Waals surface area contributed by atoms with Crippen molar-refractivity contribution in [2.24, 2.45) is 5.92 Å². The van der Waals surface area contributed by atoms with E-state index in [0.29, 0.717) is 12.4 Å². The van der Waals surface area contributed by atoms with Crippen molar-refractivity contribution in [2.75, 3.05) is 0 Å². The predicted molar refractivity (Wildman–Crippen MR) is 80.1 cm³/mol. The third kappa shape index (κ3) is 2.75. The number of ether oxygens (including phenoxy) is 2. The molecule has 2 atom stereocenters. The fourth-order valence-corrected chi connectivity index (χ4v) is 2.91. The van der Waals surface area contributed by atoms with Gasteiger partial charge < -0.3 is 9.47 Å². The van der Waals surface area contributed by atoms with Crippen LogP contribution in [-0.4, -0.2) is 12.5 Å². The van der Waals surface area contributed by atoms with Crippen LogP contribution >= 0.6 is 0 Å². The van der Waals surface area contributed by atoms with Gasteiger partial charge in [-0.1, -0.05) is 49.4 Å². The molecular weight excluding hydrogens is 324 g/mol. The van der Waals surface area contributed by atoms with Crippen LogP contribution in [0.15, 0.2) is 54.6 Å². The summed E-state index contributed by atoms with van der Waals surface area (Å²) in [5.74, 6) is -4.17. The summed E-state index contributed by atoms with van der Waals surface area (Å²) in [7, 11) is 0. The monoisotopic (exact) mass is 340 g/mol. The van der Waals surface area contributed by atoms with E-state index in [0.717, 1.165) is 5.56 Å². The van der Waals surface area contributed by atoms with Gasteiger partial charge in [0.1, 0.15) is 12.4 Å². The zero-order valence-corrected chi connectivity index (χ0v) is 12.9. The highest BCUT2D eigenvalue weighted by Gasteiger charge is 2.81. The smallest absolute Gasteiger partial charge is 0.346 e. The molecule has 128 valence electrons. The van der Waals surface area contributed by atoms with Gasteiger partial charge in [0.2, 0.25) is 0 Å². The number of halogens is 4. The summed E-state index contributed by atoms with van der Waals surface area (Å²) < 4.78 is 62.8. The Balaban J connectivity index is 1.74. The van der Waals surface area contributed by atoms with Crippen molar-refractivity contribution in [3.63, 3.8) is 0 Å². The topological polar surface area (TPSA) is 18.5 Å². The minimum Gasteiger partial charge on any atom is -0.489 e. The molecule has 1 aliphatic rings. The van der Waals surface area contributed by atoms with Crippen LogP contribution in [0.1, 0.15) is 18.1 Å². The summed E-state index contributed by atoms with van der Waals surface area (Å²) in [4.78, 5) is 0. The van der Waals surface area contributed by atoms with Crippen LogP contribution in [0, 0.1) is 5.92 Å². The van der Waals surface area contributed by atoms with E-state index in [2.05, 4.69) is 4.74 Å². The van der Waals surface area contributed by atoms with Crippen LogP contribution in [0.3, 0.4) is 0 Å². The van der Waals surface area contributed by atoms with Crippen molar-refractivity contribution < 1.29 is 27.0 Å². The summed E-state index contributed by atoms with van der Waals surface area (Å²) in [6.07, 6.45) is 0. The molecule has 1 saturated carbocycles. The molecule has 0 aromatic heterocycles. The molecule has 0 heterocycles. The van der Waals surface area contributed by atoms with Crippen LogP contribution in [0.2, 0.25) is 0 Å². The first-order valence-corrected chi connectivity index (χ1v) is 7.49. The number of hydrogen-bond acceptors (Lipinski definition) is 2. The Kier molecular flexibility index (Phi) is 4.25. The molecule has 6 heteroatoms. The summed E-state index contributed by atoms with van der Waals surface area (Å²) in [5, 5.41) is 0. The molecule has 0 saturated heterocycles. The number of benzene rings is 2. The van der Waals surface area contributed by atoms with E-state index in [9.17, 15) is 17.6 Å². The molecule has 0 bridgehead atoms. The van der Waals surface area contributed by atoms with Crippen molar-refractivity contribution in [3.05, 3.63) is 65.7 Å². The predicted octanol–water partition coefficient (Wildman–Crippen LogP) is 4.99. The lowest BCUT2D eigenvalue weighted by molar-refractivity contribution is -0.204. The van der Waals surface area contributed by atoms with Crippen molar-refractivity contribution in [2.45, 2.75) is 31.7 Å². The first-order valence-electron chi connectivity index (χ1n) is 7.49. The average molecular weight is 340 g/mol. The van der Waals surface area contributed by atoms with E-state index in [1.54, 1.807) is 0 Å². The molecule has 0 aliphatic heterocycles. The van der Waals surface area contributed by atoms with Crippen LogP contribution < -0.4 is 4.74 Å². The summed E-state index contributed by atoms with van der Waals surface area (Å²) in [6, 6.07) is 15.1. The molecule has 0 amide bonds. The molecule has 0 radical (unpaired) electrons. The minimum absolute atomic E-state index is 0.0207. The quantitative estimate of drug-likeness (QED) is 0.690. The standard InChI is InChI=1S/C18H16F4O2/c1-12-17(18(12,21)22,24-16(19)20)14-7-9-15(10-8-14)23-11-13-5-3-2-4-6-13/h2-10,12,16H,11H2,1H3/t12-,17-/m1/s1. The molecule has 1 aliphatic carbocycles. The Morgan fingerprint density at radius 1 is 1.00 bits per heavy atom. The van der Waals surface area contributed by atoms with E-state index in [1.807, 2.05) is 30.3 Å². The Labute approximate surface area is 137 Å². The highest BCUT2D eigenvalue weighted by atomic mass is 19.3. The summed E-state index contributed by atoms with van der Waals surface area (Å²) >= 11 is 0. The second-order valence-electron chi connectivity index (χ2n) is 5.76. The molecular formula is C18H16F4O2. The van der Waals surface area contributed by atoms with Gasteiger partial charge in [0, 0.05) is 0 Å². The molecule has 0 spiro atoms. The second-order valence-corrected chi connectivity index (χ2v) is 5.76. The second kappa shape index (κ2) is 6.09. The lowest BCUT2D eigenvalue weighted by atomic mass is 10.1. The Morgan fingerprint density at radius 3 is 2.08 bits per heavy atom. The van der Waals surface area contributed by atoms with Gasteiger partial charge in [-0.3, -0.25) is 0 Å². The molecule has 2 aromatic carbocycles. The largest absolute Gasteiger partial charge is 0.489 e. The van der Waals surface area contributed by atoms with Crippen LogP contribution in [-0.2, 0) is 16.9 Å². The maximum absolute atomic E-state index is 13.9. The molecule has 24 heavy (non-hydrogen) atoms. The fraction of sp³-hybridized carbons (Fsp3) is 0.333. The zero-order valence-electron chi connectivity index (χ0n) is 12.9. The van der Waals surface area contributed by atoms with E-state index < -0.39 is 24.1 Å². The lowest BCUT2D eigenvalue weighted by Crippen LogP contribution is -2.23. The van der Waals surface area contributed by atoms with E-state index in [-0.39, 0.29) is 5.56 Å². The number of rotatable bonds is 6. The van der Waals surface area contributed by atoms with Gasteiger partial charge >= 0.3 is 6.61 Å². The van der Waals surface area contributed by atoms with E-state index in [1.165, 1.54) is 31.2 Å². The molecule has 2 nitrogen and oxygen atoms in total. The van der Waals surface area contributed by atoms with Crippen molar-refractivity contribution in [1.82, 2.24) is 0 Å². The fourth-order valence-electron chi connectivity index (χ4n) is 2.91. The van der Waals surface area contributed by atoms with Crippen molar-refractivity contribution in [1.29, 1.82) is 0 Å². The zero-order chi connectivity index (χ0) is 17.4. The lowest BCUT2D eigenvalue weighted by Gasteiger charge is -2.18. The highest BCUT2D eigenvalue weighted by molar-refractivity contribution is 5.40. The molecule has 1 fully saturated rings. The third-order valence-electron chi connectivity index (χ3n) is 4.37. The number of hydrogen-bond donors (Lipinski definition) is 0. The van der Waals surface area contributed by atoms with E-state index >= 15 is 0 Å². The normalized spacial score (nSPS) is 24.8.